The lowest BCUT2D eigenvalue weighted by Crippen LogP contribution is -2.24. The Kier molecular flexibility index (Phi) is 9.81. The first-order valence-corrected chi connectivity index (χ1v) is 12.6. The summed E-state index contributed by atoms with van der Waals surface area (Å²) in [6.07, 6.45) is 7.18. The molecule has 2 amide bonds. The minimum Gasteiger partial charge on any atom is -0.462 e. The quantitative estimate of drug-likeness (QED) is 0.258. The fourth-order valence-electron chi connectivity index (χ4n) is 3.70. The molecule has 2 aromatic carbocycles. The number of esters is 1. The minimum atomic E-state index is -0.354. The largest absolute Gasteiger partial charge is 0.462 e. The number of rotatable bonds is 10. The van der Waals surface area contributed by atoms with Crippen LogP contribution in [0.5, 0.6) is 0 Å². The van der Waals surface area contributed by atoms with Gasteiger partial charge in [-0.3, -0.25) is 9.59 Å². The van der Waals surface area contributed by atoms with E-state index >= 15 is 0 Å². The van der Waals surface area contributed by atoms with Crippen LogP contribution in [-0.2, 0) is 14.3 Å². The second-order valence-electron chi connectivity index (χ2n) is 8.26. The van der Waals surface area contributed by atoms with Crippen LogP contribution >= 0.6 is 11.8 Å². The van der Waals surface area contributed by atoms with Crippen LogP contribution < -0.4 is 10.6 Å². The summed E-state index contributed by atoms with van der Waals surface area (Å²) in [6.45, 7) is 2.45. The average molecular weight is 469 g/mol. The summed E-state index contributed by atoms with van der Waals surface area (Å²) >= 11 is 1.41. The van der Waals surface area contributed by atoms with E-state index in [1.165, 1.54) is 18.2 Å². The predicted octanol–water partition coefficient (Wildman–Crippen LogP) is 5.89. The zero-order chi connectivity index (χ0) is 23.5. The Labute approximate surface area is 199 Å². The van der Waals surface area contributed by atoms with Crippen molar-refractivity contribution in [2.45, 2.75) is 56.8 Å². The topological polar surface area (TPSA) is 84.5 Å². The number of hydrogen-bond donors (Lipinski definition) is 2. The number of thioether (sulfide) groups is 1. The molecule has 0 aliphatic heterocycles. The third kappa shape index (κ3) is 8.24. The number of amides is 2. The second-order valence-corrected chi connectivity index (χ2v) is 9.30. The number of carbonyl (C=O) groups excluding carboxylic acids is 3. The molecule has 1 aliphatic rings. The van der Waals surface area contributed by atoms with E-state index in [1.807, 2.05) is 31.2 Å². The molecule has 0 heterocycles. The first kappa shape index (κ1) is 24.8. The Morgan fingerprint density at radius 2 is 1.73 bits per heavy atom. The Balaban J connectivity index is 1.45. The van der Waals surface area contributed by atoms with Gasteiger partial charge in [-0.15, -0.1) is 11.8 Å². The van der Waals surface area contributed by atoms with Gasteiger partial charge in [0.2, 0.25) is 11.8 Å². The Bertz CT molecular complexity index is 940. The van der Waals surface area contributed by atoms with Crippen molar-refractivity contribution < 1.29 is 19.1 Å². The molecular formula is C26H32N2O4S. The number of nitrogens with one attached hydrogen (secondary N) is 2. The summed E-state index contributed by atoms with van der Waals surface area (Å²) < 4.78 is 5.19. The van der Waals surface area contributed by atoms with E-state index in [9.17, 15) is 14.4 Å². The highest BCUT2D eigenvalue weighted by molar-refractivity contribution is 8.00. The van der Waals surface area contributed by atoms with E-state index in [0.29, 0.717) is 17.9 Å². The van der Waals surface area contributed by atoms with Gasteiger partial charge in [-0.25, -0.2) is 4.79 Å². The standard InChI is InChI=1S/C26H32N2O4S/c1-2-3-16-32-26(31)20-12-14-21(15-13-20)27-24(29)18-33-23-11-7-10-22(17-23)28-25(30)19-8-5-4-6-9-19/h7,10-15,17,19H,2-6,8-9,16,18H2,1H3,(H,27,29)(H,28,30). The van der Waals surface area contributed by atoms with Gasteiger partial charge < -0.3 is 15.4 Å². The lowest BCUT2D eigenvalue weighted by Gasteiger charge is -2.20. The van der Waals surface area contributed by atoms with Gasteiger partial charge in [0.15, 0.2) is 0 Å². The highest BCUT2D eigenvalue weighted by Gasteiger charge is 2.21. The molecule has 3 rings (SSSR count). The van der Waals surface area contributed by atoms with E-state index in [4.69, 9.17) is 4.74 Å². The van der Waals surface area contributed by atoms with Gasteiger partial charge in [-0.1, -0.05) is 38.7 Å². The molecule has 2 aromatic rings. The van der Waals surface area contributed by atoms with Gasteiger partial charge in [0, 0.05) is 22.2 Å². The van der Waals surface area contributed by atoms with Gasteiger partial charge in [-0.05, 0) is 61.7 Å². The molecule has 1 saturated carbocycles. The Morgan fingerprint density at radius 3 is 2.45 bits per heavy atom. The fourth-order valence-corrected chi connectivity index (χ4v) is 4.46. The molecule has 0 spiro atoms. The van der Waals surface area contributed by atoms with Crippen LogP contribution in [0.25, 0.3) is 0 Å². The number of unbranched alkanes of at least 4 members (excludes halogenated alkanes) is 1. The number of ether oxygens (including phenoxy) is 1. The molecule has 0 saturated heterocycles. The van der Waals surface area contributed by atoms with Crippen molar-refractivity contribution in [3.8, 4) is 0 Å². The van der Waals surface area contributed by atoms with Crippen molar-refractivity contribution in [3.05, 3.63) is 54.1 Å². The second kappa shape index (κ2) is 13.0. The third-order valence-corrected chi connectivity index (χ3v) is 6.58. The molecule has 33 heavy (non-hydrogen) atoms. The number of carbonyl (C=O) groups is 3. The zero-order valence-electron chi connectivity index (χ0n) is 19.1. The van der Waals surface area contributed by atoms with Gasteiger partial charge in [0.05, 0.1) is 17.9 Å². The van der Waals surface area contributed by atoms with Gasteiger partial charge in [0.1, 0.15) is 0 Å². The number of hydrogen-bond acceptors (Lipinski definition) is 5. The van der Waals surface area contributed by atoms with Crippen LogP contribution in [0.4, 0.5) is 11.4 Å². The maximum atomic E-state index is 12.5. The maximum Gasteiger partial charge on any atom is 0.338 e. The summed E-state index contributed by atoms with van der Waals surface area (Å²) in [6, 6.07) is 14.3. The summed E-state index contributed by atoms with van der Waals surface area (Å²) in [7, 11) is 0. The summed E-state index contributed by atoms with van der Waals surface area (Å²) in [5.41, 5.74) is 1.85. The zero-order valence-corrected chi connectivity index (χ0v) is 19.9. The van der Waals surface area contributed by atoms with Gasteiger partial charge >= 0.3 is 5.97 Å². The van der Waals surface area contributed by atoms with Crippen molar-refractivity contribution in [1.29, 1.82) is 0 Å². The van der Waals surface area contributed by atoms with Crippen molar-refractivity contribution in [2.24, 2.45) is 5.92 Å². The molecule has 6 nitrogen and oxygen atoms in total. The molecule has 1 fully saturated rings. The Hall–Kier alpha value is -2.80. The first-order chi connectivity index (χ1) is 16.0. The first-order valence-electron chi connectivity index (χ1n) is 11.7. The highest BCUT2D eigenvalue weighted by Crippen LogP contribution is 2.26. The highest BCUT2D eigenvalue weighted by atomic mass is 32.2. The number of benzene rings is 2. The van der Waals surface area contributed by atoms with Gasteiger partial charge in [-0.2, -0.15) is 0 Å². The molecule has 0 aromatic heterocycles. The van der Waals surface area contributed by atoms with Crippen LogP contribution in [0.1, 0.15) is 62.2 Å². The van der Waals surface area contributed by atoms with Crippen molar-refractivity contribution in [2.75, 3.05) is 23.0 Å². The van der Waals surface area contributed by atoms with E-state index in [2.05, 4.69) is 10.6 Å². The molecule has 0 radical (unpaired) electrons. The molecule has 0 unspecified atom stereocenters. The van der Waals surface area contributed by atoms with E-state index in [0.717, 1.165) is 49.1 Å². The normalized spacial score (nSPS) is 13.8. The molecule has 0 atom stereocenters. The van der Waals surface area contributed by atoms with Crippen molar-refractivity contribution in [3.63, 3.8) is 0 Å². The van der Waals surface area contributed by atoms with Crippen molar-refractivity contribution in [1.82, 2.24) is 0 Å². The summed E-state index contributed by atoms with van der Waals surface area (Å²) in [5, 5.41) is 5.86. The van der Waals surface area contributed by atoms with Crippen LogP contribution in [0.2, 0.25) is 0 Å². The predicted molar refractivity (Wildman–Crippen MR) is 133 cm³/mol. The monoisotopic (exact) mass is 468 g/mol. The Morgan fingerprint density at radius 1 is 0.970 bits per heavy atom. The van der Waals surface area contributed by atoms with Crippen molar-refractivity contribution >= 4 is 40.9 Å². The van der Waals surface area contributed by atoms with E-state index in [-0.39, 0.29) is 29.5 Å². The van der Waals surface area contributed by atoms with Crippen LogP contribution in [0, 0.1) is 5.92 Å². The summed E-state index contributed by atoms with van der Waals surface area (Å²) in [4.78, 5) is 37.7. The molecular weight excluding hydrogens is 436 g/mol. The lowest BCUT2D eigenvalue weighted by atomic mass is 9.88. The van der Waals surface area contributed by atoms with E-state index in [1.54, 1.807) is 24.3 Å². The van der Waals surface area contributed by atoms with Crippen LogP contribution in [0.3, 0.4) is 0 Å². The smallest absolute Gasteiger partial charge is 0.338 e. The average Bonchev–Trinajstić information content (AvgIpc) is 2.84. The molecule has 7 heteroatoms. The van der Waals surface area contributed by atoms with Crippen LogP contribution in [0.15, 0.2) is 53.4 Å². The molecule has 1 aliphatic carbocycles. The maximum absolute atomic E-state index is 12.5. The van der Waals surface area contributed by atoms with E-state index < -0.39 is 0 Å². The van der Waals surface area contributed by atoms with Crippen LogP contribution in [-0.4, -0.2) is 30.1 Å². The van der Waals surface area contributed by atoms with Gasteiger partial charge in [0.25, 0.3) is 0 Å². The molecule has 176 valence electrons. The third-order valence-electron chi connectivity index (χ3n) is 5.58. The summed E-state index contributed by atoms with van der Waals surface area (Å²) in [5.74, 6) is -0.0686. The molecule has 0 bridgehead atoms. The SMILES string of the molecule is CCCCOC(=O)c1ccc(NC(=O)CSc2cccc(NC(=O)C3CCCCC3)c2)cc1. The fraction of sp³-hybridized carbons (Fsp3) is 0.423. The molecule has 2 N–H and O–H groups in total. The minimum absolute atomic E-state index is 0.0901. The lowest BCUT2D eigenvalue weighted by molar-refractivity contribution is -0.120. The number of anilines is 2.